The number of rotatable bonds is 6. The summed E-state index contributed by atoms with van der Waals surface area (Å²) in [4.78, 5) is 26.7. The molecule has 0 atom stereocenters. The number of ether oxygens (including phenoxy) is 1. The van der Waals surface area contributed by atoms with Gasteiger partial charge in [-0.2, -0.15) is 0 Å². The number of carboxylic acid groups (broad SMARTS) is 1. The molecule has 0 spiro atoms. The molecule has 2 aliphatic heterocycles. The zero-order chi connectivity index (χ0) is 28.6. The van der Waals surface area contributed by atoms with Crippen molar-refractivity contribution in [1.82, 2.24) is 19.7 Å². The van der Waals surface area contributed by atoms with Gasteiger partial charge in [-0.25, -0.2) is 4.79 Å². The Morgan fingerprint density at radius 2 is 1.83 bits per heavy atom. The molecular formula is C32H33N5O5. The number of aromatic nitrogens is 3. The lowest BCUT2D eigenvalue weighted by molar-refractivity contribution is -0.118. The summed E-state index contributed by atoms with van der Waals surface area (Å²) < 4.78 is 13.6. The van der Waals surface area contributed by atoms with Gasteiger partial charge in [0.25, 0.3) is 0 Å². The minimum atomic E-state index is -0.953. The minimum absolute atomic E-state index is 0.0512. The van der Waals surface area contributed by atoms with E-state index in [1.807, 2.05) is 23.1 Å². The molecule has 10 heteroatoms. The number of aromatic carboxylic acids is 1. The predicted molar refractivity (Wildman–Crippen MR) is 158 cm³/mol. The second-order valence-corrected chi connectivity index (χ2v) is 11.3. The maximum Gasteiger partial charge on any atom is 0.335 e. The van der Waals surface area contributed by atoms with Crippen LogP contribution in [0.3, 0.4) is 0 Å². The van der Waals surface area contributed by atoms with E-state index in [1.165, 1.54) is 24.8 Å². The summed E-state index contributed by atoms with van der Waals surface area (Å²) in [7, 11) is 0. The molecule has 3 aliphatic rings. The van der Waals surface area contributed by atoms with Gasteiger partial charge in [0, 0.05) is 35.1 Å². The Morgan fingerprint density at radius 1 is 1.02 bits per heavy atom. The molecule has 216 valence electrons. The van der Waals surface area contributed by atoms with Crippen LogP contribution in [0.1, 0.15) is 65.4 Å². The highest BCUT2D eigenvalue weighted by atomic mass is 16.5. The Balaban J connectivity index is 1.29. The molecule has 2 aromatic carbocycles. The second-order valence-electron chi connectivity index (χ2n) is 11.3. The number of carbonyl (C=O) groups excluding carboxylic acids is 1. The van der Waals surface area contributed by atoms with Crippen molar-refractivity contribution >= 4 is 40.4 Å². The zero-order valence-electron chi connectivity index (χ0n) is 23.3. The Labute approximate surface area is 243 Å². The average molecular weight is 568 g/mol. The van der Waals surface area contributed by atoms with Crippen molar-refractivity contribution < 1.29 is 23.8 Å². The standard InChI is InChI=1S/C32H33N5O5/c38-27(19-36-12-14-41-15-13-36)33-32-35-34-30(42-32)23-16-21-8-4-5-9-24(21)29-28(20-6-2-1-3-7-20)25-11-10-22(31(39)40)17-26(25)37(29)18-23/h4-5,8-11,16-17,20H,1-3,6-7,12-15,18-19H2,(H,39,40)(H,33,35,38). The van der Waals surface area contributed by atoms with Crippen LogP contribution < -0.4 is 5.32 Å². The molecule has 2 N–H and O–H groups in total. The molecule has 0 bridgehead atoms. The van der Waals surface area contributed by atoms with Gasteiger partial charge in [0.15, 0.2) is 0 Å². The summed E-state index contributed by atoms with van der Waals surface area (Å²) in [6.07, 6.45) is 7.93. The van der Waals surface area contributed by atoms with Gasteiger partial charge in [0.1, 0.15) is 0 Å². The lowest BCUT2D eigenvalue weighted by Crippen LogP contribution is -2.41. The van der Waals surface area contributed by atoms with E-state index in [4.69, 9.17) is 9.15 Å². The number of hydrogen-bond donors (Lipinski definition) is 2. The van der Waals surface area contributed by atoms with E-state index in [2.05, 4.69) is 38.3 Å². The first kappa shape index (κ1) is 26.6. The van der Waals surface area contributed by atoms with Gasteiger partial charge in [-0.1, -0.05) is 54.7 Å². The highest BCUT2D eigenvalue weighted by molar-refractivity contribution is 6.01. The Hall–Kier alpha value is -4.28. The summed E-state index contributed by atoms with van der Waals surface area (Å²) in [5.74, 6) is -0.454. The van der Waals surface area contributed by atoms with Crippen LogP contribution >= 0.6 is 0 Å². The number of hydrogen-bond acceptors (Lipinski definition) is 7. The fourth-order valence-electron chi connectivity index (χ4n) is 6.66. The van der Waals surface area contributed by atoms with Crippen molar-refractivity contribution in [2.24, 2.45) is 0 Å². The summed E-state index contributed by atoms with van der Waals surface area (Å²) in [6.45, 7) is 3.27. The van der Waals surface area contributed by atoms with Crippen LogP contribution in [0.25, 0.3) is 33.8 Å². The molecule has 4 aromatic rings. The molecule has 7 rings (SSSR count). The summed E-state index contributed by atoms with van der Waals surface area (Å²) in [5, 5.41) is 22.1. The molecule has 0 unspecified atom stereocenters. The Kier molecular flexibility index (Phi) is 7.09. The van der Waals surface area contributed by atoms with Gasteiger partial charge in [0.05, 0.1) is 37.6 Å². The van der Waals surface area contributed by atoms with E-state index >= 15 is 0 Å². The van der Waals surface area contributed by atoms with E-state index in [9.17, 15) is 14.7 Å². The lowest BCUT2D eigenvalue weighted by Gasteiger charge is -2.25. The first-order valence-electron chi connectivity index (χ1n) is 14.7. The Morgan fingerprint density at radius 3 is 2.64 bits per heavy atom. The van der Waals surface area contributed by atoms with E-state index in [0.717, 1.165) is 46.1 Å². The average Bonchev–Trinajstić information content (AvgIpc) is 3.55. The third-order valence-electron chi connectivity index (χ3n) is 8.66. The highest BCUT2D eigenvalue weighted by Gasteiger charge is 2.30. The maximum atomic E-state index is 12.6. The minimum Gasteiger partial charge on any atom is -0.478 e. The fourth-order valence-corrected chi connectivity index (χ4v) is 6.66. The number of carbonyl (C=O) groups is 2. The van der Waals surface area contributed by atoms with Crippen molar-refractivity contribution in [3.05, 3.63) is 65.0 Å². The number of morpholine rings is 1. The largest absolute Gasteiger partial charge is 0.478 e. The molecule has 2 aromatic heterocycles. The zero-order valence-corrected chi connectivity index (χ0v) is 23.3. The van der Waals surface area contributed by atoms with Gasteiger partial charge in [-0.15, -0.1) is 5.10 Å². The van der Waals surface area contributed by atoms with E-state index in [-0.39, 0.29) is 24.0 Å². The third kappa shape index (κ3) is 5.01. The van der Waals surface area contributed by atoms with Crippen molar-refractivity contribution in [3.8, 4) is 11.3 Å². The number of carboxylic acids is 1. The summed E-state index contributed by atoms with van der Waals surface area (Å²) in [6, 6.07) is 13.8. The van der Waals surface area contributed by atoms with Crippen LogP contribution in [0, 0.1) is 0 Å². The van der Waals surface area contributed by atoms with Crippen molar-refractivity contribution in [3.63, 3.8) is 0 Å². The normalized spacial score (nSPS) is 17.8. The molecule has 1 saturated carbocycles. The number of anilines is 1. The topological polar surface area (TPSA) is 123 Å². The third-order valence-corrected chi connectivity index (χ3v) is 8.66. The number of nitrogens with one attached hydrogen (secondary N) is 1. The smallest absolute Gasteiger partial charge is 0.335 e. The van der Waals surface area contributed by atoms with Gasteiger partial charge in [0.2, 0.25) is 11.8 Å². The molecule has 1 amide bonds. The van der Waals surface area contributed by atoms with Crippen LogP contribution in [0.2, 0.25) is 0 Å². The van der Waals surface area contributed by atoms with Gasteiger partial charge in [-0.05, 0) is 48.1 Å². The monoisotopic (exact) mass is 567 g/mol. The van der Waals surface area contributed by atoms with Crippen molar-refractivity contribution in [2.45, 2.75) is 44.6 Å². The maximum absolute atomic E-state index is 12.6. The highest BCUT2D eigenvalue weighted by Crippen LogP contribution is 2.47. The van der Waals surface area contributed by atoms with Crippen LogP contribution in [0.5, 0.6) is 0 Å². The van der Waals surface area contributed by atoms with Crippen LogP contribution in [-0.2, 0) is 16.1 Å². The number of amides is 1. The van der Waals surface area contributed by atoms with Crippen LogP contribution in [0.15, 0.2) is 46.9 Å². The molecule has 0 radical (unpaired) electrons. The number of fused-ring (bicyclic) bond motifs is 5. The van der Waals surface area contributed by atoms with Gasteiger partial charge >= 0.3 is 12.0 Å². The predicted octanol–water partition coefficient (Wildman–Crippen LogP) is 5.26. The summed E-state index contributed by atoms with van der Waals surface area (Å²) in [5.41, 5.74) is 6.47. The lowest BCUT2D eigenvalue weighted by atomic mass is 9.81. The van der Waals surface area contributed by atoms with Crippen LogP contribution in [-0.4, -0.2) is 69.5 Å². The molecule has 2 fully saturated rings. The molecule has 4 heterocycles. The number of allylic oxidation sites excluding steroid dienone is 1. The molecular weight excluding hydrogens is 534 g/mol. The quantitative estimate of drug-likeness (QED) is 0.323. The first-order valence-corrected chi connectivity index (χ1v) is 14.7. The molecule has 42 heavy (non-hydrogen) atoms. The molecule has 1 aliphatic carbocycles. The van der Waals surface area contributed by atoms with Crippen LogP contribution in [0.4, 0.5) is 6.01 Å². The van der Waals surface area contributed by atoms with E-state index in [0.29, 0.717) is 44.7 Å². The SMILES string of the molecule is O=C(CN1CCOCC1)Nc1nnc(C2=Cc3ccccc3-c3c(C4CCCCC4)c4ccc(C(=O)O)cc4n3C2)o1. The van der Waals surface area contributed by atoms with E-state index in [1.54, 1.807) is 12.1 Å². The molecule has 1 saturated heterocycles. The van der Waals surface area contributed by atoms with Crippen molar-refractivity contribution in [1.29, 1.82) is 0 Å². The number of nitrogens with zero attached hydrogens (tertiary/aromatic N) is 4. The first-order chi connectivity index (χ1) is 20.5. The second kappa shape index (κ2) is 11.2. The van der Waals surface area contributed by atoms with Crippen molar-refractivity contribution in [2.75, 3.05) is 38.2 Å². The molecule has 10 nitrogen and oxygen atoms in total. The van der Waals surface area contributed by atoms with E-state index < -0.39 is 5.97 Å². The van der Waals surface area contributed by atoms with Gasteiger partial charge < -0.3 is 18.8 Å². The Bertz CT molecular complexity index is 1690. The fraction of sp³-hybridized carbons (Fsp3) is 0.375. The van der Waals surface area contributed by atoms with Gasteiger partial charge in [-0.3, -0.25) is 15.0 Å². The summed E-state index contributed by atoms with van der Waals surface area (Å²) >= 11 is 0. The number of benzene rings is 2.